The summed E-state index contributed by atoms with van der Waals surface area (Å²) in [6, 6.07) is -0.997. The third-order valence-electron chi connectivity index (χ3n) is 19.6. The molecule has 97 heavy (non-hydrogen) atoms. The van der Waals surface area contributed by atoms with Gasteiger partial charge in [0.1, 0.15) is 73.2 Å². The molecule has 19 nitrogen and oxygen atoms in total. The summed E-state index contributed by atoms with van der Waals surface area (Å²) in [5.74, 6) is -0.285. The van der Waals surface area contributed by atoms with Gasteiger partial charge in [-0.25, -0.2) is 0 Å². The Morgan fingerprint density at radius 1 is 0.361 bits per heavy atom. The van der Waals surface area contributed by atoms with Gasteiger partial charge in [0, 0.05) is 6.42 Å². The summed E-state index contributed by atoms with van der Waals surface area (Å²) in [7, 11) is 0. The first kappa shape index (κ1) is 89.0. The number of carbonyl (C=O) groups is 1. The lowest BCUT2D eigenvalue weighted by atomic mass is 9.96. The van der Waals surface area contributed by atoms with Gasteiger partial charge in [0.05, 0.1) is 38.6 Å². The number of hydrogen-bond acceptors (Lipinski definition) is 18. The number of aliphatic hydroxyl groups is 11. The van der Waals surface area contributed by atoms with Gasteiger partial charge in [0.25, 0.3) is 0 Å². The van der Waals surface area contributed by atoms with Gasteiger partial charge in [-0.05, 0) is 70.6 Å². The van der Waals surface area contributed by atoms with Crippen molar-refractivity contribution in [3.05, 3.63) is 48.6 Å². The molecule has 3 fully saturated rings. The molecule has 0 aromatic rings. The van der Waals surface area contributed by atoms with E-state index >= 15 is 0 Å². The molecular weight excluding hydrogens is 1240 g/mol. The van der Waals surface area contributed by atoms with Crippen LogP contribution in [0.4, 0.5) is 0 Å². The van der Waals surface area contributed by atoms with E-state index in [0.717, 1.165) is 44.9 Å². The van der Waals surface area contributed by atoms with Crippen LogP contribution in [0.25, 0.3) is 0 Å². The van der Waals surface area contributed by atoms with E-state index in [1.807, 2.05) is 6.08 Å². The molecule has 3 aliphatic rings. The summed E-state index contributed by atoms with van der Waals surface area (Å²) in [4.78, 5) is 13.5. The Balaban J connectivity index is 1.38. The fourth-order valence-corrected chi connectivity index (χ4v) is 13.2. The van der Waals surface area contributed by atoms with E-state index in [1.54, 1.807) is 6.08 Å². The number of allylic oxidation sites excluding steroid dienone is 7. The normalized spacial score (nSPS) is 27.1. The Bertz CT molecular complexity index is 1940. The molecule has 0 bridgehead atoms. The number of nitrogens with one attached hydrogen (secondary N) is 1. The topological polar surface area (TPSA) is 307 Å². The quantitative estimate of drug-likeness (QED) is 0.0199. The standard InChI is InChI=1S/C78H143NO18/c1-3-5-7-9-11-13-15-17-19-21-23-25-26-27-28-29-30-31-32-33-34-36-38-40-42-44-46-48-50-52-54-56-66(84)79-61(62(83)55-53-51-49-47-45-43-41-39-37-35-24-22-20-18-16-14-12-10-8-6-4-2)60-92-76-72(90)69(87)74(64(58-81)94-76)97-78-73(91)70(88)75(65(59-82)95-78)96-77-71(89)68(86)67(85)63(57-80)93-77/h21,23,37,39,45,47,53,55,61-65,67-78,80-83,85-91H,3-20,22,24-36,38,40-44,46,48-52,54,56-60H2,1-2H3,(H,79,84)/b23-21-,39-37+,47-45+,55-53+. The number of unbranched alkanes of at least 4 members (excludes halogenated alkanes) is 40. The molecule has 3 rings (SSSR count). The molecule has 17 atom stereocenters. The van der Waals surface area contributed by atoms with Crippen molar-refractivity contribution in [2.24, 2.45) is 0 Å². The van der Waals surface area contributed by atoms with E-state index in [1.165, 1.54) is 231 Å². The highest BCUT2D eigenvalue weighted by atomic mass is 16.8. The van der Waals surface area contributed by atoms with E-state index in [4.69, 9.17) is 28.4 Å². The zero-order chi connectivity index (χ0) is 70.4. The molecular formula is C78H143NO18. The van der Waals surface area contributed by atoms with E-state index < -0.39 is 124 Å². The predicted octanol–water partition coefficient (Wildman–Crippen LogP) is 12.5. The molecule has 3 heterocycles. The highest BCUT2D eigenvalue weighted by molar-refractivity contribution is 5.76. The van der Waals surface area contributed by atoms with Gasteiger partial charge in [0.2, 0.25) is 5.91 Å². The summed E-state index contributed by atoms with van der Waals surface area (Å²) < 4.78 is 34.4. The monoisotopic (exact) mass is 1380 g/mol. The first-order chi connectivity index (χ1) is 47.3. The van der Waals surface area contributed by atoms with Crippen LogP contribution in [0.5, 0.6) is 0 Å². The maximum absolute atomic E-state index is 13.5. The number of ether oxygens (including phenoxy) is 6. The van der Waals surface area contributed by atoms with Crippen LogP contribution in [0.3, 0.4) is 0 Å². The average Bonchev–Trinajstić information content (AvgIpc) is 0.798. The van der Waals surface area contributed by atoms with E-state index in [2.05, 4.69) is 55.6 Å². The molecule has 12 N–H and O–H groups in total. The molecule has 0 saturated carbocycles. The van der Waals surface area contributed by atoms with Crippen LogP contribution < -0.4 is 5.32 Å². The lowest BCUT2D eigenvalue weighted by Crippen LogP contribution is -2.66. The van der Waals surface area contributed by atoms with Crippen molar-refractivity contribution >= 4 is 5.91 Å². The summed E-state index contributed by atoms with van der Waals surface area (Å²) in [5.41, 5.74) is 0. The Morgan fingerprint density at radius 3 is 1.03 bits per heavy atom. The largest absolute Gasteiger partial charge is 0.394 e. The minimum absolute atomic E-state index is 0.234. The summed E-state index contributed by atoms with van der Waals surface area (Å²) in [5, 5.41) is 121. The number of amides is 1. The van der Waals surface area contributed by atoms with E-state index in [9.17, 15) is 61.0 Å². The number of rotatable bonds is 62. The lowest BCUT2D eigenvalue weighted by molar-refractivity contribution is -0.379. The zero-order valence-corrected chi connectivity index (χ0v) is 60.6. The van der Waals surface area contributed by atoms with Crippen molar-refractivity contribution in [2.75, 3.05) is 26.4 Å². The van der Waals surface area contributed by atoms with Crippen LogP contribution in [0, 0.1) is 0 Å². The van der Waals surface area contributed by atoms with E-state index in [-0.39, 0.29) is 18.9 Å². The maximum Gasteiger partial charge on any atom is 0.220 e. The third kappa shape index (κ3) is 39.8. The van der Waals surface area contributed by atoms with Gasteiger partial charge in [-0.2, -0.15) is 0 Å². The summed E-state index contributed by atoms with van der Waals surface area (Å²) in [6.07, 6.45) is 46.8. The number of carbonyl (C=O) groups excluding carboxylic acids is 1. The first-order valence-electron chi connectivity index (χ1n) is 39.4. The Hall–Kier alpha value is -2.25. The SMILES string of the molecule is CCCCCCCCCC/C=C\CCCCCCCCCCCCCCCCCCCCCC(=O)NC(COC1OC(CO)C(OC2OC(CO)C(OC3OC(CO)C(O)C(O)C3O)C(O)C2O)C(O)C1O)C(O)/C=C/CC/C=C/CC/C=C/CCCCCCCCCCCCC. The van der Waals surface area contributed by atoms with Gasteiger partial charge < -0.3 is 89.9 Å². The van der Waals surface area contributed by atoms with Crippen LogP contribution in [-0.4, -0.2) is 193 Å². The van der Waals surface area contributed by atoms with Crippen molar-refractivity contribution in [1.29, 1.82) is 0 Å². The molecule has 0 radical (unpaired) electrons. The minimum atomic E-state index is -1.98. The van der Waals surface area contributed by atoms with E-state index in [0.29, 0.717) is 12.8 Å². The van der Waals surface area contributed by atoms with Gasteiger partial charge >= 0.3 is 0 Å². The molecule has 0 spiro atoms. The maximum atomic E-state index is 13.5. The van der Waals surface area contributed by atoms with Crippen LogP contribution in [0.15, 0.2) is 48.6 Å². The van der Waals surface area contributed by atoms with Crippen LogP contribution in [0.1, 0.15) is 309 Å². The van der Waals surface area contributed by atoms with Gasteiger partial charge in [-0.1, -0.05) is 281 Å². The molecule has 0 aromatic heterocycles. The highest BCUT2D eigenvalue weighted by Gasteiger charge is 2.53. The van der Waals surface area contributed by atoms with Crippen molar-refractivity contribution in [2.45, 2.75) is 413 Å². The fraction of sp³-hybridized carbons (Fsp3) is 0.885. The predicted molar refractivity (Wildman–Crippen MR) is 383 cm³/mol. The molecule has 3 aliphatic heterocycles. The van der Waals surface area contributed by atoms with Crippen LogP contribution in [0.2, 0.25) is 0 Å². The van der Waals surface area contributed by atoms with Crippen molar-refractivity contribution in [3.63, 3.8) is 0 Å². The Morgan fingerprint density at radius 2 is 0.660 bits per heavy atom. The smallest absolute Gasteiger partial charge is 0.220 e. The second-order valence-corrected chi connectivity index (χ2v) is 28.2. The average molecular weight is 1380 g/mol. The van der Waals surface area contributed by atoms with Gasteiger partial charge in [-0.3, -0.25) is 4.79 Å². The first-order valence-corrected chi connectivity index (χ1v) is 39.4. The van der Waals surface area contributed by atoms with Gasteiger partial charge in [-0.15, -0.1) is 0 Å². The summed E-state index contributed by atoms with van der Waals surface area (Å²) >= 11 is 0. The Kier molecular flexibility index (Phi) is 54.3. The molecule has 0 aromatic carbocycles. The Labute approximate surface area is 586 Å². The van der Waals surface area contributed by atoms with Crippen LogP contribution in [-0.2, 0) is 33.2 Å². The highest BCUT2D eigenvalue weighted by Crippen LogP contribution is 2.33. The van der Waals surface area contributed by atoms with Crippen molar-refractivity contribution in [3.8, 4) is 0 Å². The molecule has 17 unspecified atom stereocenters. The molecule has 3 saturated heterocycles. The van der Waals surface area contributed by atoms with Crippen molar-refractivity contribution in [1.82, 2.24) is 5.32 Å². The van der Waals surface area contributed by atoms with Gasteiger partial charge in [0.15, 0.2) is 18.9 Å². The summed E-state index contributed by atoms with van der Waals surface area (Å²) in [6.45, 7) is 1.74. The molecule has 19 heteroatoms. The third-order valence-corrected chi connectivity index (χ3v) is 19.6. The van der Waals surface area contributed by atoms with Crippen molar-refractivity contribution < 1.29 is 89.4 Å². The second kappa shape index (κ2) is 59.2. The molecule has 0 aliphatic carbocycles. The minimum Gasteiger partial charge on any atom is -0.394 e. The number of hydrogen-bond donors (Lipinski definition) is 12. The second-order valence-electron chi connectivity index (χ2n) is 28.2. The fourth-order valence-electron chi connectivity index (χ4n) is 13.2. The van der Waals surface area contributed by atoms with Crippen LogP contribution >= 0.6 is 0 Å². The lowest BCUT2D eigenvalue weighted by Gasteiger charge is -2.48. The number of aliphatic hydroxyl groups excluding tert-OH is 11. The molecule has 1 amide bonds. The zero-order valence-electron chi connectivity index (χ0n) is 60.6. The molecule has 568 valence electrons.